The third kappa shape index (κ3) is 2.84. The van der Waals surface area contributed by atoms with Crippen LogP contribution in [-0.4, -0.2) is 9.97 Å². The molecule has 1 aliphatic rings. The van der Waals surface area contributed by atoms with E-state index in [1.807, 2.05) is 12.1 Å². The number of hydrogen-bond acceptors (Lipinski definition) is 4. The van der Waals surface area contributed by atoms with Crippen molar-refractivity contribution in [2.75, 3.05) is 11.1 Å². The number of hydrogen-bond donors (Lipinski definition) is 2. The van der Waals surface area contributed by atoms with Gasteiger partial charge < -0.3 is 11.1 Å². The van der Waals surface area contributed by atoms with Gasteiger partial charge in [-0.15, -0.1) is 0 Å². The maximum Gasteiger partial charge on any atom is 0.136 e. The molecule has 0 unspecified atom stereocenters. The minimum atomic E-state index is 0.506. The molecule has 3 rings (SSSR count). The van der Waals surface area contributed by atoms with Crippen molar-refractivity contribution in [1.82, 2.24) is 9.97 Å². The first-order valence-electron chi connectivity index (χ1n) is 6.75. The van der Waals surface area contributed by atoms with E-state index >= 15 is 0 Å². The molecule has 1 fully saturated rings. The van der Waals surface area contributed by atoms with Crippen LogP contribution in [0.2, 0.25) is 0 Å². The van der Waals surface area contributed by atoms with Gasteiger partial charge in [0.15, 0.2) is 0 Å². The Morgan fingerprint density at radius 1 is 1.26 bits per heavy atom. The maximum atomic E-state index is 5.84. The Kier molecular flexibility index (Phi) is 3.07. The van der Waals surface area contributed by atoms with Gasteiger partial charge in [-0.05, 0) is 37.0 Å². The van der Waals surface area contributed by atoms with Gasteiger partial charge in [-0.3, -0.25) is 0 Å². The van der Waals surface area contributed by atoms with Crippen molar-refractivity contribution >= 4 is 17.3 Å². The van der Waals surface area contributed by atoms with Gasteiger partial charge in [-0.1, -0.05) is 19.1 Å². The van der Waals surface area contributed by atoms with Crippen LogP contribution in [0.4, 0.5) is 17.3 Å². The van der Waals surface area contributed by atoms with E-state index in [1.165, 1.54) is 18.4 Å². The molecule has 1 saturated carbocycles. The molecule has 0 radical (unpaired) electrons. The molecule has 4 nitrogen and oxygen atoms in total. The molecule has 1 heterocycles. The summed E-state index contributed by atoms with van der Waals surface area (Å²) in [5.74, 6) is 2.69. The Morgan fingerprint density at radius 3 is 2.84 bits per heavy atom. The second-order valence-corrected chi connectivity index (χ2v) is 4.99. The van der Waals surface area contributed by atoms with Crippen LogP contribution in [0.5, 0.6) is 0 Å². The van der Waals surface area contributed by atoms with E-state index < -0.39 is 0 Å². The number of aryl methyl sites for hydroxylation is 1. The highest BCUT2D eigenvalue weighted by Crippen LogP contribution is 2.38. The van der Waals surface area contributed by atoms with Crippen molar-refractivity contribution in [2.24, 2.45) is 0 Å². The Morgan fingerprint density at radius 2 is 2.11 bits per heavy atom. The van der Waals surface area contributed by atoms with E-state index in [2.05, 4.69) is 34.3 Å². The lowest BCUT2D eigenvalue weighted by Gasteiger charge is -2.09. The molecular weight excluding hydrogens is 236 g/mol. The molecule has 98 valence electrons. The van der Waals surface area contributed by atoms with E-state index in [0.29, 0.717) is 11.7 Å². The van der Waals surface area contributed by atoms with Crippen LogP contribution in [0.1, 0.15) is 37.1 Å². The highest BCUT2D eigenvalue weighted by molar-refractivity contribution is 5.59. The topological polar surface area (TPSA) is 63.8 Å². The molecule has 4 heteroatoms. The van der Waals surface area contributed by atoms with Crippen LogP contribution in [0.25, 0.3) is 0 Å². The van der Waals surface area contributed by atoms with Gasteiger partial charge in [-0.2, -0.15) is 0 Å². The zero-order chi connectivity index (χ0) is 13.2. The minimum absolute atomic E-state index is 0.506. The Bertz CT molecular complexity index is 590. The fraction of sp³-hybridized carbons (Fsp3) is 0.333. The predicted molar refractivity (Wildman–Crippen MR) is 77.5 cm³/mol. The molecule has 0 atom stereocenters. The van der Waals surface area contributed by atoms with Gasteiger partial charge in [0.05, 0.1) is 0 Å². The summed E-state index contributed by atoms with van der Waals surface area (Å²) in [7, 11) is 0. The molecule has 1 aromatic heterocycles. The van der Waals surface area contributed by atoms with Crippen molar-refractivity contribution in [3.8, 4) is 0 Å². The monoisotopic (exact) mass is 254 g/mol. The Labute approximate surface area is 113 Å². The number of nitrogens with two attached hydrogens (primary N) is 1. The van der Waals surface area contributed by atoms with Crippen molar-refractivity contribution < 1.29 is 0 Å². The summed E-state index contributed by atoms with van der Waals surface area (Å²) in [5, 5.41) is 3.31. The summed E-state index contributed by atoms with van der Waals surface area (Å²) in [6.45, 7) is 2.15. The third-order valence-corrected chi connectivity index (χ3v) is 3.31. The highest BCUT2D eigenvalue weighted by Gasteiger charge is 2.27. The van der Waals surface area contributed by atoms with Crippen LogP contribution in [0.3, 0.4) is 0 Å². The lowest BCUT2D eigenvalue weighted by atomic mass is 10.1. The molecule has 3 N–H and O–H groups in total. The number of nitrogens with one attached hydrogen (secondary N) is 1. The van der Waals surface area contributed by atoms with Gasteiger partial charge in [0.25, 0.3) is 0 Å². The second kappa shape index (κ2) is 4.88. The van der Waals surface area contributed by atoms with Crippen LogP contribution in [0, 0.1) is 0 Å². The fourth-order valence-corrected chi connectivity index (χ4v) is 2.09. The van der Waals surface area contributed by atoms with Crippen molar-refractivity contribution in [3.63, 3.8) is 0 Å². The molecule has 0 bridgehead atoms. The van der Waals surface area contributed by atoms with Gasteiger partial charge in [-0.25, -0.2) is 9.97 Å². The maximum absolute atomic E-state index is 5.84. The standard InChI is InChI=1S/C15H18N4/c1-2-10-4-3-5-12(8-10)17-14-9-13(16)18-15(19-14)11-6-7-11/h3-5,8-9,11H,2,6-7H2,1H3,(H3,16,17,18,19). The van der Waals surface area contributed by atoms with E-state index in [0.717, 1.165) is 23.8 Å². The third-order valence-electron chi connectivity index (χ3n) is 3.31. The van der Waals surface area contributed by atoms with Crippen LogP contribution < -0.4 is 11.1 Å². The van der Waals surface area contributed by atoms with Crippen LogP contribution in [-0.2, 0) is 6.42 Å². The number of aromatic nitrogens is 2. The average molecular weight is 254 g/mol. The molecule has 1 aliphatic carbocycles. The molecule has 0 aliphatic heterocycles. The zero-order valence-corrected chi connectivity index (χ0v) is 11.1. The normalized spacial score (nSPS) is 14.4. The smallest absolute Gasteiger partial charge is 0.136 e. The average Bonchev–Trinajstić information content (AvgIpc) is 3.22. The van der Waals surface area contributed by atoms with Crippen molar-refractivity contribution in [1.29, 1.82) is 0 Å². The molecule has 0 spiro atoms. The molecule has 19 heavy (non-hydrogen) atoms. The SMILES string of the molecule is CCc1cccc(Nc2cc(N)nc(C3CC3)n2)c1. The number of nitrogen functional groups attached to an aromatic ring is 1. The highest BCUT2D eigenvalue weighted by atomic mass is 15.1. The molecule has 0 saturated heterocycles. The van der Waals surface area contributed by atoms with Gasteiger partial charge in [0.1, 0.15) is 17.5 Å². The van der Waals surface area contributed by atoms with Crippen LogP contribution in [0.15, 0.2) is 30.3 Å². The largest absolute Gasteiger partial charge is 0.384 e. The summed E-state index contributed by atoms with van der Waals surface area (Å²) in [4.78, 5) is 8.84. The first-order valence-corrected chi connectivity index (χ1v) is 6.75. The summed E-state index contributed by atoms with van der Waals surface area (Å²) < 4.78 is 0. The van der Waals surface area contributed by atoms with E-state index in [1.54, 1.807) is 6.07 Å². The summed E-state index contributed by atoms with van der Waals surface area (Å²) in [5.41, 5.74) is 8.18. The van der Waals surface area contributed by atoms with E-state index in [-0.39, 0.29) is 0 Å². The Balaban J connectivity index is 1.85. The van der Waals surface area contributed by atoms with Gasteiger partial charge in [0, 0.05) is 17.7 Å². The van der Waals surface area contributed by atoms with E-state index in [4.69, 9.17) is 5.73 Å². The zero-order valence-electron chi connectivity index (χ0n) is 11.1. The van der Waals surface area contributed by atoms with Gasteiger partial charge in [0.2, 0.25) is 0 Å². The van der Waals surface area contributed by atoms with Crippen molar-refractivity contribution in [2.45, 2.75) is 32.1 Å². The number of anilines is 3. The van der Waals surface area contributed by atoms with Gasteiger partial charge >= 0.3 is 0 Å². The molecular formula is C15H18N4. The molecule has 2 aromatic rings. The lowest BCUT2D eigenvalue weighted by Crippen LogP contribution is -2.02. The first-order chi connectivity index (χ1) is 9.24. The van der Waals surface area contributed by atoms with E-state index in [9.17, 15) is 0 Å². The summed E-state index contributed by atoms with van der Waals surface area (Å²) >= 11 is 0. The fourth-order valence-electron chi connectivity index (χ4n) is 2.09. The molecule has 0 amide bonds. The lowest BCUT2D eigenvalue weighted by molar-refractivity contribution is 0.936. The summed E-state index contributed by atoms with van der Waals surface area (Å²) in [6, 6.07) is 10.1. The quantitative estimate of drug-likeness (QED) is 0.879. The number of rotatable bonds is 4. The number of nitrogens with zero attached hydrogens (tertiary/aromatic N) is 2. The Hall–Kier alpha value is -2.10. The predicted octanol–water partition coefficient (Wildman–Crippen LogP) is 3.24. The first kappa shape index (κ1) is 12.0. The second-order valence-electron chi connectivity index (χ2n) is 4.99. The number of benzene rings is 1. The minimum Gasteiger partial charge on any atom is -0.384 e. The van der Waals surface area contributed by atoms with Crippen molar-refractivity contribution in [3.05, 3.63) is 41.7 Å². The van der Waals surface area contributed by atoms with Crippen LogP contribution >= 0.6 is 0 Å². The molecule has 1 aromatic carbocycles. The summed E-state index contributed by atoms with van der Waals surface area (Å²) in [6.07, 6.45) is 3.37.